The van der Waals surface area contributed by atoms with Crippen LogP contribution in [0.5, 0.6) is 11.6 Å². The molecule has 1 N–H and O–H groups in total. The first-order valence-corrected chi connectivity index (χ1v) is 13.0. The van der Waals surface area contributed by atoms with Gasteiger partial charge in [0.05, 0.1) is 11.9 Å². The average Bonchev–Trinajstić information content (AvgIpc) is 3.63. The molecule has 3 aliphatic rings. The van der Waals surface area contributed by atoms with Crippen LogP contribution in [0.25, 0.3) is 5.69 Å². The van der Waals surface area contributed by atoms with Crippen molar-refractivity contribution >= 4 is 17.7 Å². The van der Waals surface area contributed by atoms with E-state index in [1.807, 2.05) is 6.07 Å². The number of hydrogen-bond donors (Lipinski definition) is 1. The number of pyridine rings is 1. The first-order chi connectivity index (χ1) is 19.6. The number of ether oxygens (including phenoxy) is 2. The molecule has 14 heteroatoms. The van der Waals surface area contributed by atoms with E-state index in [1.165, 1.54) is 21.8 Å². The number of nitrogens with one attached hydrogen (secondary N) is 1. The molecule has 1 aromatic carbocycles. The number of fused-ring (bicyclic) bond motifs is 1. The van der Waals surface area contributed by atoms with Crippen LogP contribution < -0.4 is 14.8 Å². The molecule has 0 spiro atoms. The van der Waals surface area contributed by atoms with Gasteiger partial charge in [-0.25, -0.2) is 9.67 Å². The number of likely N-dealkylation sites (tertiary alicyclic amines) is 1. The Labute approximate surface area is 231 Å². The van der Waals surface area contributed by atoms with Gasteiger partial charge in [-0.05, 0) is 42.7 Å². The molecular weight excluding hydrogens is 545 g/mol. The van der Waals surface area contributed by atoms with Gasteiger partial charge >= 0.3 is 6.36 Å². The number of aromatic nitrogens is 3. The second kappa shape index (κ2) is 10.5. The maximum absolute atomic E-state index is 12.9. The topological polar surface area (TPSA) is 119 Å². The summed E-state index contributed by atoms with van der Waals surface area (Å²) < 4.78 is 49.1. The molecule has 0 radical (unpaired) electrons. The molecule has 2 atom stereocenters. The minimum Gasteiger partial charge on any atom is -0.489 e. The maximum Gasteiger partial charge on any atom is 0.574 e. The van der Waals surface area contributed by atoms with Gasteiger partial charge in [0.25, 0.3) is 5.91 Å². The summed E-state index contributed by atoms with van der Waals surface area (Å²) in [7, 11) is 0. The molecule has 1 unspecified atom stereocenters. The summed E-state index contributed by atoms with van der Waals surface area (Å²) >= 11 is 0. The second-order valence-electron chi connectivity index (χ2n) is 10.2. The third kappa shape index (κ3) is 5.87. The van der Waals surface area contributed by atoms with Crippen LogP contribution in [-0.2, 0) is 22.7 Å². The van der Waals surface area contributed by atoms with Gasteiger partial charge in [-0.15, -0.1) is 13.2 Å². The molecule has 0 bridgehead atoms. The number of hydrogen-bond acceptors (Lipinski definition) is 8. The van der Waals surface area contributed by atoms with Gasteiger partial charge in [-0.2, -0.15) is 5.10 Å². The lowest BCUT2D eigenvalue weighted by atomic mass is 10.0. The van der Waals surface area contributed by atoms with E-state index in [4.69, 9.17) is 4.74 Å². The number of rotatable bonds is 7. The van der Waals surface area contributed by atoms with Gasteiger partial charge in [0.1, 0.15) is 17.9 Å². The van der Waals surface area contributed by atoms with Crippen molar-refractivity contribution in [1.29, 1.82) is 0 Å². The molecule has 2 aromatic heterocycles. The summed E-state index contributed by atoms with van der Waals surface area (Å²) in [6.07, 6.45) is 1.01. The van der Waals surface area contributed by atoms with Gasteiger partial charge in [0.2, 0.25) is 17.7 Å². The Morgan fingerprint density at radius 1 is 1.10 bits per heavy atom. The van der Waals surface area contributed by atoms with Crippen molar-refractivity contribution in [1.82, 2.24) is 29.9 Å². The van der Waals surface area contributed by atoms with Crippen molar-refractivity contribution < 1.29 is 37.0 Å². The number of alkyl halides is 3. The zero-order valence-corrected chi connectivity index (χ0v) is 21.6. The zero-order chi connectivity index (χ0) is 28.7. The van der Waals surface area contributed by atoms with Gasteiger partial charge in [0, 0.05) is 62.2 Å². The lowest BCUT2D eigenvalue weighted by Gasteiger charge is -2.29. The van der Waals surface area contributed by atoms with E-state index in [2.05, 4.69) is 25.0 Å². The summed E-state index contributed by atoms with van der Waals surface area (Å²) in [5.41, 5.74) is 2.57. The van der Waals surface area contributed by atoms with Crippen molar-refractivity contribution in [3.63, 3.8) is 0 Å². The van der Waals surface area contributed by atoms with Crippen molar-refractivity contribution in [2.45, 2.75) is 50.9 Å². The molecule has 6 rings (SSSR count). The number of carbonyl (C=O) groups is 3. The van der Waals surface area contributed by atoms with E-state index < -0.39 is 24.2 Å². The number of halogens is 3. The van der Waals surface area contributed by atoms with E-state index in [0.29, 0.717) is 36.5 Å². The Balaban J connectivity index is 1.04. The molecule has 214 valence electrons. The molecule has 5 heterocycles. The fraction of sp³-hybridized carbons (Fsp3) is 0.370. The summed E-state index contributed by atoms with van der Waals surface area (Å²) in [6, 6.07) is 7.33. The Morgan fingerprint density at radius 3 is 2.76 bits per heavy atom. The smallest absolute Gasteiger partial charge is 0.489 e. The van der Waals surface area contributed by atoms with Gasteiger partial charge in [0.15, 0.2) is 0 Å². The summed E-state index contributed by atoms with van der Waals surface area (Å²) in [4.78, 5) is 43.9. The van der Waals surface area contributed by atoms with Crippen molar-refractivity contribution in [3.8, 4) is 17.3 Å². The molecule has 41 heavy (non-hydrogen) atoms. The fourth-order valence-corrected chi connectivity index (χ4v) is 5.41. The van der Waals surface area contributed by atoms with Gasteiger partial charge in [-0.3, -0.25) is 24.6 Å². The Kier molecular flexibility index (Phi) is 6.85. The maximum atomic E-state index is 12.9. The monoisotopic (exact) mass is 570 g/mol. The SMILES string of the molecule is O=C1CCC(N2Cc3cc(O[C@H]4CCN(Cc5cnn(-c6ccnc(OC(F)(F)F)c6)c5)C4)ccc3C2=O)C(=O)N1. The lowest BCUT2D eigenvalue weighted by Crippen LogP contribution is -2.52. The number of imide groups is 1. The lowest BCUT2D eigenvalue weighted by molar-refractivity contribution is -0.276. The van der Waals surface area contributed by atoms with Crippen molar-refractivity contribution in [2.75, 3.05) is 13.1 Å². The van der Waals surface area contributed by atoms with E-state index in [0.717, 1.165) is 30.2 Å². The van der Waals surface area contributed by atoms with Crippen LogP contribution >= 0.6 is 0 Å². The first-order valence-electron chi connectivity index (χ1n) is 13.0. The highest BCUT2D eigenvalue weighted by Crippen LogP contribution is 2.31. The van der Waals surface area contributed by atoms with Crippen LogP contribution in [0.4, 0.5) is 13.2 Å². The van der Waals surface area contributed by atoms with Crippen LogP contribution in [0, 0.1) is 0 Å². The zero-order valence-electron chi connectivity index (χ0n) is 21.6. The number of carbonyl (C=O) groups excluding carboxylic acids is 3. The minimum atomic E-state index is -4.83. The largest absolute Gasteiger partial charge is 0.574 e. The standard InChI is InChI=1S/C27H25F3N6O5/c28-27(29,30)41-24-10-18(5-7-31-24)36-13-16(11-32-36)12-34-8-6-20(15-34)40-19-1-2-21-17(9-19)14-35(26(21)39)22-3-4-23(37)33-25(22)38/h1-2,5,7,9-11,13,20,22H,3-4,6,8,12,14-15H2,(H,33,37,38)/t20-,22?/m0/s1. The number of amides is 3. The summed E-state index contributed by atoms with van der Waals surface area (Å²) in [5, 5.41) is 6.56. The van der Waals surface area contributed by atoms with Crippen molar-refractivity contribution in [3.05, 3.63) is 65.6 Å². The Bertz CT molecular complexity index is 1510. The quantitative estimate of drug-likeness (QED) is 0.431. The molecule has 0 aliphatic carbocycles. The van der Waals surface area contributed by atoms with Crippen LogP contribution in [0.2, 0.25) is 0 Å². The van der Waals surface area contributed by atoms with Crippen LogP contribution in [0.15, 0.2) is 48.9 Å². The average molecular weight is 571 g/mol. The highest BCUT2D eigenvalue weighted by atomic mass is 19.4. The molecule has 0 saturated carbocycles. The molecule has 2 fully saturated rings. The van der Waals surface area contributed by atoms with Gasteiger partial charge in [-0.1, -0.05) is 0 Å². The predicted octanol–water partition coefficient (Wildman–Crippen LogP) is 2.58. The van der Waals surface area contributed by atoms with E-state index in [1.54, 1.807) is 24.5 Å². The van der Waals surface area contributed by atoms with E-state index in [-0.39, 0.29) is 30.9 Å². The highest BCUT2D eigenvalue weighted by Gasteiger charge is 2.39. The van der Waals surface area contributed by atoms with Crippen LogP contribution in [-0.4, -0.2) is 73.9 Å². The molecule has 2 saturated heterocycles. The summed E-state index contributed by atoms with van der Waals surface area (Å²) in [5.74, 6) is -0.934. The fourth-order valence-electron chi connectivity index (χ4n) is 5.41. The molecular formula is C27H25F3N6O5. The minimum absolute atomic E-state index is 0.0753. The number of benzene rings is 1. The molecule has 11 nitrogen and oxygen atoms in total. The molecule has 3 aliphatic heterocycles. The third-order valence-corrected chi connectivity index (χ3v) is 7.27. The van der Waals surface area contributed by atoms with Crippen LogP contribution in [0.1, 0.15) is 40.7 Å². The Hall–Kier alpha value is -4.46. The third-order valence-electron chi connectivity index (χ3n) is 7.27. The normalized spacial score (nSPS) is 21.2. The highest BCUT2D eigenvalue weighted by molar-refractivity contribution is 6.05. The molecule has 3 aromatic rings. The van der Waals surface area contributed by atoms with Crippen LogP contribution in [0.3, 0.4) is 0 Å². The number of piperidine rings is 1. The number of nitrogens with zero attached hydrogens (tertiary/aromatic N) is 5. The van der Waals surface area contributed by atoms with E-state index in [9.17, 15) is 27.6 Å². The predicted molar refractivity (Wildman–Crippen MR) is 135 cm³/mol. The first kappa shape index (κ1) is 26.7. The van der Waals surface area contributed by atoms with Crippen molar-refractivity contribution in [2.24, 2.45) is 0 Å². The van der Waals surface area contributed by atoms with Gasteiger partial charge < -0.3 is 14.4 Å². The van der Waals surface area contributed by atoms with E-state index >= 15 is 0 Å². The Morgan fingerprint density at radius 2 is 1.95 bits per heavy atom. The second-order valence-corrected chi connectivity index (χ2v) is 10.2. The molecule has 3 amide bonds. The summed E-state index contributed by atoms with van der Waals surface area (Å²) in [6.45, 7) is 2.29.